The lowest BCUT2D eigenvalue weighted by atomic mass is 10.1. The summed E-state index contributed by atoms with van der Waals surface area (Å²) >= 11 is 0. The first-order chi connectivity index (χ1) is 13.9. The fourth-order valence-corrected chi connectivity index (χ4v) is 2.50. The minimum absolute atomic E-state index is 0.304. The van der Waals surface area contributed by atoms with E-state index in [4.69, 9.17) is 38.7 Å². The number of aliphatic carboxylic acids is 2. The van der Waals surface area contributed by atoms with Gasteiger partial charge < -0.3 is 34.5 Å². The molecule has 0 fully saturated rings. The van der Waals surface area contributed by atoms with Gasteiger partial charge in [-0.3, -0.25) is 0 Å². The molecule has 1 aliphatic rings. The number of hydrogen-bond donors (Lipinski definition) is 3. The number of benzene rings is 2. The van der Waals surface area contributed by atoms with Crippen LogP contribution in [0.2, 0.25) is 0 Å². The van der Waals surface area contributed by atoms with Gasteiger partial charge in [-0.2, -0.15) is 0 Å². The Kier molecular flexibility index (Phi) is 8.11. The number of hydrogen-bond acceptors (Lipinski definition) is 7. The molecule has 0 aliphatic carbocycles. The Bertz CT molecular complexity index is 840. The second-order valence-electron chi connectivity index (χ2n) is 5.82. The Morgan fingerprint density at radius 3 is 2.21 bits per heavy atom. The van der Waals surface area contributed by atoms with E-state index in [1.54, 1.807) is 7.11 Å². The highest BCUT2D eigenvalue weighted by atomic mass is 16.7. The molecule has 3 N–H and O–H groups in total. The van der Waals surface area contributed by atoms with Gasteiger partial charge in [0.25, 0.3) is 0 Å². The number of nitrogens with one attached hydrogen (secondary N) is 1. The number of fused-ring (bicyclic) bond motifs is 1. The molecule has 1 heterocycles. The number of methoxy groups -OCH3 is 1. The SMILES string of the molecule is CCOc1cc(CNCc2ccc3c(c2)OCO3)ccc1OC.O=C(O)C(=O)O. The van der Waals surface area contributed by atoms with E-state index in [1.165, 1.54) is 0 Å². The van der Waals surface area contributed by atoms with Gasteiger partial charge in [0.1, 0.15) is 0 Å². The summed E-state index contributed by atoms with van der Waals surface area (Å²) in [7, 11) is 1.65. The molecule has 3 rings (SSSR count). The monoisotopic (exact) mass is 405 g/mol. The van der Waals surface area contributed by atoms with Crippen LogP contribution in [0, 0.1) is 0 Å². The van der Waals surface area contributed by atoms with Gasteiger partial charge in [-0.1, -0.05) is 12.1 Å². The number of ether oxygens (including phenoxy) is 4. The maximum Gasteiger partial charge on any atom is 0.414 e. The molecule has 9 nitrogen and oxygen atoms in total. The van der Waals surface area contributed by atoms with Crippen LogP contribution in [-0.2, 0) is 22.7 Å². The second kappa shape index (κ2) is 10.8. The molecule has 0 unspecified atom stereocenters. The van der Waals surface area contributed by atoms with Crippen LogP contribution in [-0.4, -0.2) is 42.7 Å². The van der Waals surface area contributed by atoms with Crippen molar-refractivity contribution in [1.82, 2.24) is 5.32 Å². The van der Waals surface area contributed by atoms with Crippen LogP contribution in [0.25, 0.3) is 0 Å². The summed E-state index contributed by atoms with van der Waals surface area (Å²) in [6.07, 6.45) is 0. The van der Waals surface area contributed by atoms with Gasteiger partial charge >= 0.3 is 11.9 Å². The van der Waals surface area contributed by atoms with Crippen molar-refractivity contribution < 1.29 is 38.7 Å². The molecule has 0 bridgehead atoms. The van der Waals surface area contributed by atoms with Crippen molar-refractivity contribution in [2.75, 3.05) is 20.5 Å². The minimum Gasteiger partial charge on any atom is -0.493 e. The summed E-state index contributed by atoms with van der Waals surface area (Å²) in [4.78, 5) is 18.2. The smallest absolute Gasteiger partial charge is 0.414 e. The molecule has 2 aromatic rings. The van der Waals surface area contributed by atoms with E-state index < -0.39 is 11.9 Å². The lowest BCUT2D eigenvalue weighted by molar-refractivity contribution is -0.159. The standard InChI is InChI=1S/C18H21NO4.C2H2O4/c1-3-21-17-8-13(4-6-15(17)20-2)10-19-11-14-5-7-16-18(9-14)23-12-22-16;3-1(4)2(5)6/h4-9,19H,3,10-12H2,1-2H3;(H,3,4)(H,5,6). The van der Waals surface area contributed by atoms with Gasteiger partial charge in [0.05, 0.1) is 13.7 Å². The van der Waals surface area contributed by atoms with Crippen LogP contribution in [0.4, 0.5) is 0 Å². The van der Waals surface area contributed by atoms with E-state index in [9.17, 15) is 0 Å². The Morgan fingerprint density at radius 1 is 0.966 bits per heavy atom. The van der Waals surface area contributed by atoms with E-state index in [2.05, 4.69) is 5.32 Å². The first-order valence-corrected chi connectivity index (χ1v) is 8.79. The normalized spacial score (nSPS) is 11.2. The predicted molar refractivity (Wildman–Crippen MR) is 103 cm³/mol. The molecular weight excluding hydrogens is 382 g/mol. The van der Waals surface area contributed by atoms with Crippen molar-refractivity contribution in [3.8, 4) is 23.0 Å². The van der Waals surface area contributed by atoms with Gasteiger partial charge in [-0.05, 0) is 42.3 Å². The highest BCUT2D eigenvalue weighted by molar-refractivity contribution is 6.27. The molecule has 0 radical (unpaired) electrons. The average molecular weight is 405 g/mol. The predicted octanol–water partition coefficient (Wildman–Crippen LogP) is 2.27. The van der Waals surface area contributed by atoms with Crippen molar-refractivity contribution >= 4 is 11.9 Å². The van der Waals surface area contributed by atoms with E-state index >= 15 is 0 Å². The van der Waals surface area contributed by atoms with Crippen LogP contribution in [0.1, 0.15) is 18.1 Å². The number of carbonyl (C=O) groups is 2. The highest BCUT2D eigenvalue weighted by Gasteiger charge is 2.13. The second-order valence-corrected chi connectivity index (χ2v) is 5.82. The zero-order valence-electron chi connectivity index (χ0n) is 16.1. The molecule has 0 amide bonds. The van der Waals surface area contributed by atoms with Crippen LogP contribution >= 0.6 is 0 Å². The maximum atomic E-state index is 9.10. The summed E-state index contributed by atoms with van der Waals surface area (Å²) in [5, 5.41) is 18.2. The van der Waals surface area contributed by atoms with Crippen LogP contribution < -0.4 is 24.3 Å². The summed E-state index contributed by atoms with van der Waals surface area (Å²) < 4.78 is 21.6. The molecule has 0 saturated carbocycles. The molecule has 0 aromatic heterocycles. The molecule has 0 atom stereocenters. The molecule has 0 saturated heterocycles. The van der Waals surface area contributed by atoms with E-state index in [0.717, 1.165) is 47.2 Å². The molecule has 2 aromatic carbocycles. The molecular formula is C20H23NO8. The van der Waals surface area contributed by atoms with Crippen molar-refractivity contribution in [3.63, 3.8) is 0 Å². The lowest BCUT2D eigenvalue weighted by Crippen LogP contribution is -2.12. The first-order valence-electron chi connectivity index (χ1n) is 8.79. The zero-order valence-corrected chi connectivity index (χ0v) is 16.1. The Hall–Kier alpha value is -3.46. The third-order valence-corrected chi connectivity index (χ3v) is 3.81. The largest absolute Gasteiger partial charge is 0.493 e. The fraction of sp³-hybridized carbons (Fsp3) is 0.300. The summed E-state index contributed by atoms with van der Waals surface area (Å²) in [5.74, 6) is -0.494. The van der Waals surface area contributed by atoms with Crippen molar-refractivity contribution in [3.05, 3.63) is 47.5 Å². The summed E-state index contributed by atoms with van der Waals surface area (Å²) in [5.41, 5.74) is 2.31. The molecule has 156 valence electrons. The minimum atomic E-state index is -1.82. The summed E-state index contributed by atoms with van der Waals surface area (Å²) in [6, 6.07) is 12.0. The van der Waals surface area contributed by atoms with Gasteiger partial charge in [-0.25, -0.2) is 9.59 Å². The Morgan fingerprint density at radius 2 is 1.59 bits per heavy atom. The van der Waals surface area contributed by atoms with Crippen LogP contribution in [0.5, 0.6) is 23.0 Å². The topological polar surface area (TPSA) is 124 Å². The van der Waals surface area contributed by atoms with Crippen molar-refractivity contribution in [2.45, 2.75) is 20.0 Å². The van der Waals surface area contributed by atoms with Crippen LogP contribution in [0.3, 0.4) is 0 Å². The van der Waals surface area contributed by atoms with E-state index in [-0.39, 0.29) is 0 Å². The Labute approximate surface area is 167 Å². The first kappa shape index (κ1) is 21.8. The molecule has 1 aliphatic heterocycles. The third-order valence-electron chi connectivity index (χ3n) is 3.81. The molecule has 0 spiro atoms. The van der Waals surface area contributed by atoms with Crippen molar-refractivity contribution in [1.29, 1.82) is 0 Å². The van der Waals surface area contributed by atoms with Gasteiger partial charge in [-0.15, -0.1) is 0 Å². The Balaban J connectivity index is 0.000000438. The maximum absolute atomic E-state index is 9.10. The van der Waals surface area contributed by atoms with E-state index in [1.807, 2.05) is 43.3 Å². The third kappa shape index (κ3) is 6.58. The average Bonchev–Trinajstić information content (AvgIpc) is 3.17. The number of rotatable bonds is 7. The zero-order chi connectivity index (χ0) is 21.2. The van der Waals surface area contributed by atoms with Gasteiger partial charge in [0.15, 0.2) is 23.0 Å². The lowest BCUT2D eigenvalue weighted by Gasteiger charge is -2.12. The van der Waals surface area contributed by atoms with Crippen LogP contribution in [0.15, 0.2) is 36.4 Å². The number of carboxylic acid groups (broad SMARTS) is 2. The highest BCUT2D eigenvalue weighted by Crippen LogP contribution is 2.32. The van der Waals surface area contributed by atoms with Crippen molar-refractivity contribution in [2.24, 2.45) is 0 Å². The van der Waals surface area contributed by atoms with Gasteiger partial charge in [0, 0.05) is 13.1 Å². The quantitative estimate of drug-likeness (QED) is 0.595. The fourth-order valence-electron chi connectivity index (χ4n) is 2.50. The van der Waals surface area contributed by atoms with E-state index in [0.29, 0.717) is 13.4 Å². The van der Waals surface area contributed by atoms with Gasteiger partial charge in [0.2, 0.25) is 6.79 Å². The summed E-state index contributed by atoms with van der Waals surface area (Å²) in [6.45, 7) is 4.39. The molecule has 29 heavy (non-hydrogen) atoms. The number of carboxylic acids is 2. The molecule has 9 heteroatoms.